The Morgan fingerprint density at radius 2 is 1.03 bits per heavy atom. The second kappa shape index (κ2) is 19.1. The number of quaternary nitrogens is 1. The van der Waals surface area contributed by atoms with Gasteiger partial charge in [-0.15, -0.1) is 0 Å². The number of hydrogen-bond acceptors (Lipinski definition) is 2. The van der Waals surface area contributed by atoms with Gasteiger partial charge in [0, 0.05) is 12.8 Å². The maximum absolute atomic E-state index is 12.1. The van der Waals surface area contributed by atoms with Crippen molar-refractivity contribution in [3.63, 3.8) is 0 Å². The van der Waals surface area contributed by atoms with Gasteiger partial charge in [-0.25, -0.2) is 9.13 Å². The first kappa shape index (κ1) is 30.6. The molecule has 0 saturated carbocycles. The summed E-state index contributed by atoms with van der Waals surface area (Å²) < 4.78 is 24.7. The van der Waals surface area contributed by atoms with Gasteiger partial charge in [0.25, 0.3) is 0 Å². The number of nitrogens with zero attached hydrogens (tertiary/aromatic N) is 1. The molecule has 0 bridgehead atoms. The predicted octanol–water partition coefficient (Wildman–Crippen LogP) is 9.57. The Morgan fingerprint density at radius 1 is 0.613 bits per heavy atom. The van der Waals surface area contributed by atoms with Crippen LogP contribution in [0.5, 0.6) is 0 Å². The van der Waals surface area contributed by atoms with Gasteiger partial charge in [-0.1, -0.05) is 103 Å². The number of hydrogen-bond donors (Lipinski definition) is 0. The molecule has 0 amide bonds. The maximum atomic E-state index is 12.1. The fourth-order valence-corrected chi connectivity index (χ4v) is 5.94. The van der Waals surface area contributed by atoms with Crippen LogP contribution in [0.4, 0.5) is 0 Å². The molecule has 184 valence electrons. The third kappa shape index (κ3) is 14.4. The molecule has 0 N–H and O–H groups in total. The molecule has 0 radical (unpaired) electrons. The Morgan fingerprint density at radius 3 is 1.39 bits per heavy atom. The molecule has 0 aromatic carbocycles. The molecule has 0 aromatic heterocycles. The van der Waals surface area contributed by atoms with Crippen LogP contribution in [0, 0.1) is 0 Å². The number of allylic oxidation sites excluding steroid dienone is 2. The van der Waals surface area contributed by atoms with E-state index < -0.39 is 13.0 Å². The molecule has 0 aromatic rings. The topological polar surface area (TPSA) is 34.1 Å². The van der Waals surface area contributed by atoms with E-state index in [1.807, 2.05) is 21.1 Å². The Balaban J connectivity index is 3.62. The van der Waals surface area contributed by atoms with Crippen LogP contribution in [-0.4, -0.2) is 30.9 Å². The molecule has 3 nitrogen and oxygen atoms in total. The highest BCUT2D eigenvalue weighted by atomic mass is 31.1. The first-order chi connectivity index (χ1) is 14.8. The molecular weight excluding hydrogens is 401 g/mol. The SMILES string of the molecule is CCC=CCCCCCCCCCCCCCCCCC(CCC)(P(=O)=O)[N+](C)(C)C. The lowest BCUT2D eigenvalue weighted by Crippen LogP contribution is -2.53. The van der Waals surface area contributed by atoms with E-state index in [4.69, 9.17) is 0 Å². The standard InChI is InChI=1S/C27H55NO2P/c1-6-8-9-10-11-12-13-14-15-16-17-18-19-20-21-22-23-24-26-27(25-7-2,31(29)30)28(3,4)5/h8-9H,6-7,10-26H2,1-5H3/q+1. The van der Waals surface area contributed by atoms with Crippen molar-refractivity contribution in [2.75, 3.05) is 21.1 Å². The lowest BCUT2D eigenvalue weighted by molar-refractivity contribution is -0.908. The lowest BCUT2D eigenvalue weighted by Gasteiger charge is -2.41. The summed E-state index contributed by atoms with van der Waals surface area (Å²) in [7, 11) is 3.69. The van der Waals surface area contributed by atoms with Gasteiger partial charge >= 0.3 is 7.68 Å². The summed E-state index contributed by atoms with van der Waals surface area (Å²) in [6.45, 7) is 4.29. The zero-order valence-corrected chi connectivity index (χ0v) is 22.7. The highest BCUT2D eigenvalue weighted by Crippen LogP contribution is 2.44. The van der Waals surface area contributed by atoms with Crippen LogP contribution >= 0.6 is 7.68 Å². The molecule has 0 spiro atoms. The van der Waals surface area contributed by atoms with Crippen molar-refractivity contribution >= 4 is 7.68 Å². The minimum atomic E-state index is -2.42. The van der Waals surface area contributed by atoms with Crippen LogP contribution in [0.25, 0.3) is 0 Å². The maximum Gasteiger partial charge on any atom is 0.378 e. The van der Waals surface area contributed by atoms with Gasteiger partial charge < -0.3 is 4.48 Å². The second-order valence-electron chi connectivity index (χ2n) is 10.4. The van der Waals surface area contributed by atoms with E-state index in [9.17, 15) is 9.13 Å². The van der Waals surface area contributed by atoms with Crippen molar-refractivity contribution in [2.45, 2.75) is 141 Å². The minimum Gasteiger partial charge on any atom is -0.314 e. The molecule has 4 heteroatoms. The predicted molar refractivity (Wildman–Crippen MR) is 137 cm³/mol. The first-order valence-electron chi connectivity index (χ1n) is 13.4. The van der Waals surface area contributed by atoms with Crippen molar-refractivity contribution in [2.24, 2.45) is 0 Å². The molecule has 0 fully saturated rings. The van der Waals surface area contributed by atoms with Crippen LogP contribution in [0.15, 0.2) is 12.2 Å². The van der Waals surface area contributed by atoms with Crippen molar-refractivity contribution in [1.29, 1.82) is 0 Å². The van der Waals surface area contributed by atoms with E-state index in [-0.39, 0.29) is 0 Å². The van der Waals surface area contributed by atoms with Gasteiger partial charge in [0.05, 0.1) is 21.1 Å². The Bertz CT molecular complexity index is 500. The molecule has 0 saturated heterocycles. The average Bonchev–Trinajstić information content (AvgIpc) is 2.71. The molecule has 0 aliphatic heterocycles. The highest BCUT2D eigenvalue weighted by molar-refractivity contribution is 7.32. The third-order valence-corrected chi connectivity index (χ3v) is 8.57. The van der Waals surface area contributed by atoms with Gasteiger partial charge in [0.15, 0.2) is 0 Å². The van der Waals surface area contributed by atoms with Crippen LogP contribution in [0.2, 0.25) is 0 Å². The Labute approximate surface area is 195 Å². The summed E-state index contributed by atoms with van der Waals surface area (Å²) in [6, 6.07) is 0. The molecule has 1 unspecified atom stereocenters. The highest BCUT2D eigenvalue weighted by Gasteiger charge is 2.47. The van der Waals surface area contributed by atoms with Gasteiger partial charge in [-0.3, -0.25) is 0 Å². The number of rotatable bonds is 22. The van der Waals surface area contributed by atoms with E-state index in [2.05, 4.69) is 26.0 Å². The summed E-state index contributed by atoms with van der Waals surface area (Å²) in [4.78, 5) is 0. The Kier molecular flexibility index (Phi) is 18.9. The normalized spacial score (nSPS) is 14.2. The minimum absolute atomic E-state index is 0.524. The van der Waals surface area contributed by atoms with E-state index in [0.29, 0.717) is 4.48 Å². The summed E-state index contributed by atoms with van der Waals surface area (Å²) in [5.41, 5.74) is 0. The average molecular weight is 457 g/mol. The van der Waals surface area contributed by atoms with E-state index in [0.717, 1.165) is 25.7 Å². The summed E-state index contributed by atoms with van der Waals surface area (Å²) in [5, 5.41) is -0.587. The molecule has 0 heterocycles. The fourth-order valence-electron chi connectivity index (χ4n) is 4.70. The van der Waals surface area contributed by atoms with Crippen molar-refractivity contribution in [3.8, 4) is 0 Å². The lowest BCUT2D eigenvalue weighted by atomic mass is 9.99. The van der Waals surface area contributed by atoms with Gasteiger partial charge in [-0.2, -0.15) is 0 Å². The summed E-state index contributed by atoms with van der Waals surface area (Å²) in [5.74, 6) is 0. The Hall–Kier alpha value is -0.400. The van der Waals surface area contributed by atoms with Crippen LogP contribution in [0.1, 0.15) is 136 Å². The molecule has 31 heavy (non-hydrogen) atoms. The fraction of sp³-hybridized carbons (Fsp3) is 0.926. The monoisotopic (exact) mass is 456 g/mol. The zero-order valence-electron chi connectivity index (χ0n) is 21.8. The quantitative estimate of drug-likeness (QED) is 0.0703. The van der Waals surface area contributed by atoms with E-state index >= 15 is 0 Å². The zero-order chi connectivity index (χ0) is 23.4. The van der Waals surface area contributed by atoms with Crippen molar-refractivity contribution < 1.29 is 13.6 Å². The molecule has 0 rings (SSSR count). The second-order valence-corrected chi connectivity index (χ2v) is 11.7. The molecule has 0 aliphatic rings. The molecule has 1 atom stereocenters. The van der Waals surface area contributed by atoms with Gasteiger partial charge in [0.1, 0.15) is 0 Å². The summed E-state index contributed by atoms with van der Waals surface area (Å²) in [6.07, 6.45) is 28.2. The van der Waals surface area contributed by atoms with Crippen LogP contribution in [-0.2, 0) is 9.13 Å². The van der Waals surface area contributed by atoms with E-state index in [1.165, 1.54) is 96.3 Å². The first-order valence-corrected chi connectivity index (χ1v) is 14.6. The third-order valence-electron chi connectivity index (χ3n) is 6.84. The largest absolute Gasteiger partial charge is 0.378 e. The molecular formula is C27H55NO2P+. The van der Waals surface area contributed by atoms with Crippen LogP contribution < -0.4 is 0 Å². The van der Waals surface area contributed by atoms with Crippen LogP contribution in [0.3, 0.4) is 0 Å². The molecule has 0 aliphatic carbocycles. The van der Waals surface area contributed by atoms with Crippen molar-refractivity contribution in [1.82, 2.24) is 0 Å². The summed E-state index contributed by atoms with van der Waals surface area (Å²) >= 11 is 0. The number of unbranched alkanes of at least 4 members (excludes halogenated alkanes) is 14. The van der Waals surface area contributed by atoms with Crippen molar-refractivity contribution in [3.05, 3.63) is 12.2 Å². The smallest absolute Gasteiger partial charge is 0.314 e. The van der Waals surface area contributed by atoms with Gasteiger partial charge in [-0.05, 0) is 32.1 Å². The van der Waals surface area contributed by atoms with Gasteiger partial charge in [0.2, 0.25) is 5.28 Å². The van der Waals surface area contributed by atoms with E-state index in [1.54, 1.807) is 0 Å².